The van der Waals surface area contributed by atoms with Crippen LogP contribution in [0.25, 0.3) is 0 Å². The molecule has 0 aliphatic carbocycles. The molecule has 1 heterocycles. The number of piperazine rings is 1. The third-order valence-electron chi connectivity index (χ3n) is 3.89. The summed E-state index contributed by atoms with van der Waals surface area (Å²) in [4.78, 5) is 2.59. The lowest BCUT2D eigenvalue weighted by molar-refractivity contribution is 0.153. The summed E-state index contributed by atoms with van der Waals surface area (Å²) in [5, 5.41) is 4.35. The Morgan fingerprint density at radius 2 is 1.81 bits per heavy atom. The summed E-state index contributed by atoms with van der Waals surface area (Å²) in [6.45, 7) is 11.2. The van der Waals surface area contributed by atoms with Gasteiger partial charge in [-0.3, -0.25) is 4.90 Å². The SMILES string of the molecule is Cc1cccc(Cl)c1[C@@H](CC(C)C)N1CCNCC1.Cl.Cl. The number of halogens is 3. The van der Waals surface area contributed by atoms with Gasteiger partial charge in [-0.1, -0.05) is 37.6 Å². The van der Waals surface area contributed by atoms with Gasteiger partial charge in [-0.2, -0.15) is 0 Å². The first kappa shape index (κ1) is 21.0. The fourth-order valence-corrected chi connectivity index (χ4v) is 3.30. The Labute approximate surface area is 146 Å². The molecule has 0 spiro atoms. The third-order valence-corrected chi connectivity index (χ3v) is 4.22. The summed E-state index contributed by atoms with van der Waals surface area (Å²) >= 11 is 6.48. The van der Waals surface area contributed by atoms with Crippen molar-refractivity contribution in [1.29, 1.82) is 0 Å². The second-order valence-corrected chi connectivity index (χ2v) is 6.31. The molecule has 0 aromatic heterocycles. The van der Waals surface area contributed by atoms with E-state index < -0.39 is 0 Å². The van der Waals surface area contributed by atoms with Gasteiger partial charge in [0.15, 0.2) is 0 Å². The average molecular weight is 354 g/mol. The van der Waals surface area contributed by atoms with E-state index >= 15 is 0 Å². The van der Waals surface area contributed by atoms with Crippen LogP contribution in [0.5, 0.6) is 0 Å². The third kappa shape index (κ3) is 5.61. The van der Waals surface area contributed by atoms with Crippen LogP contribution in [-0.4, -0.2) is 31.1 Å². The minimum absolute atomic E-state index is 0. The molecule has 1 aliphatic rings. The molecule has 122 valence electrons. The molecule has 1 fully saturated rings. The zero-order valence-corrected chi connectivity index (χ0v) is 15.5. The van der Waals surface area contributed by atoms with E-state index in [1.807, 2.05) is 12.1 Å². The molecule has 2 nitrogen and oxygen atoms in total. The molecule has 2 rings (SSSR count). The van der Waals surface area contributed by atoms with Gasteiger partial charge in [-0.25, -0.2) is 0 Å². The lowest BCUT2D eigenvalue weighted by Gasteiger charge is -2.37. The first-order valence-corrected chi connectivity index (χ1v) is 7.67. The van der Waals surface area contributed by atoms with Gasteiger partial charge in [0.1, 0.15) is 0 Å². The number of hydrogen-bond donors (Lipinski definition) is 1. The van der Waals surface area contributed by atoms with Crippen LogP contribution < -0.4 is 5.32 Å². The van der Waals surface area contributed by atoms with Crippen molar-refractivity contribution in [3.05, 3.63) is 34.3 Å². The molecule has 1 atom stereocenters. The lowest BCUT2D eigenvalue weighted by atomic mass is 9.92. The van der Waals surface area contributed by atoms with Gasteiger partial charge < -0.3 is 5.32 Å². The van der Waals surface area contributed by atoms with Crippen molar-refractivity contribution in [2.45, 2.75) is 33.2 Å². The summed E-state index contributed by atoms with van der Waals surface area (Å²) in [5.74, 6) is 0.676. The number of nitrogens with one attached hydrogen (secondary N) is 1. The second kappa shape index (κ2) is 9.91. The maximum absolute atomic E-state index is 6.48. The molecule has 21 heavy (non-hydrogen) atoms. The van der Waals surface area contributed by atoms with Crippen LogP contribution in [0.1, 0.15) is 37.4 Å². The number of benzene rings is 1. The van der Waals surface area contributed by atoms with Gasteiger partial charge in [-0.15, -0.1) is 24.8 Å². The van der Waals surface area contributed by atoms with Gasteiger partial charge in [0.2, 0.25) is 0 Å². The van der Waals surface area contributed by atoms with Gasteiger partial charge in [0.05, 0.1) is 0 Å². The molecule has 1 N–H and O–H groups in total. The van der Waals surface area contributed by atoms with Gasteiger partial charge in [-0.05, 0) is 36.5 Å². The first-order chi connectivity index (χ1) is 9.09. The molecule has 0 bridgehead atoms. The molecular weight excluding hydrogens is 327 g/mol. The monoisotopic (exact) mass is 352 g/mol. The topological polar surface area (TPSA) is 15.3 Å². The number of hydrogen-bond acceptors (Lipinski definition) is 2. The van der Waals surface area contributed by atoms with Gasteiger partial charge in [0.25, 0.3) is 0 Å². The molecule has 5 heteroatoms. The predicted molar refractivity (Wildman–Crippen MR) is 97.3 cm³/mol. The Morgan fingerprint density at radius 3 is 2.33 bits per heavy atom. The van der Waals surface area contributed by atoms with Crippen LogP contribution in [-0.2, 0) is 0 Å². The van der Waals surface area contributed by atoms with Gasteiger partial charge in [0, 0.05) is 37.2 Å². The fourth-order valence-electron chi connectivity index (χ4n) is 2.96. The molecule has 1 aliphatic heterocycles. The van der Waals surface area contributed by atoms with Crippen LogP contribution >= 0.6 is 36.4 Å². The summed E-state index contributed by atoms with van der Waals surface area (Å²) in [7, 11) is 0. The predicted octanol–water partition coefficient (Wildman–Crippen LogP) is 4.48. The summed E-state index contributed by atoms with van der Waals surface area (Å²) in [6, 6.07) is 6.71. The van der Waals surface area contributed by atoms with Crippen molar-refractivity contribution in [1.82, 2.24) is 10.2 Å². The van der Waals surface area contributed by atoms with Crippen LogP contribution in [0.15, 0.2) is 18.2 Å². The van der Waals surface area contributed by atoms with Crippen LogP contribution in [0.2, 0.25) is 5.02 Å². The number of nitrogens with zero attached hydrogens (tertiary/aromatic N) is 1. The van der Waals surface area contributed by atoms with Crippen LogP contribution in [0.4, 0.5) is 0 Å². The molecule has 0 unspecified atom stereocenters. The largest absolute Gasteiger partial charge is 0.314 e. The van der Waals surface area contributed by atoms with E-state index in [1.165, 1.54) is 17.5 Å². The normalized spacial score (nSPS) is 17.0. The average Bonchev–Trinajstić information content (AvgIpc) is 2.38. The highest BCUT2D eigenvalue weighted by atomic mass is 35.5. The van der Waals surface area contributed by atoms with E-state index in [2.05, 4.69) is 37.1 Å². The highest BCUT2D eigenvalue weighted by molar-refractivity contribution is 6.31. The smallest absolute Gasteiger partial charge is 0.0456 e. The lowest BCUT2D eigenvalue weighted by Crippen LogP contribution is -2.45. The standard InChI is InChI=1S/C16H25ClN2.2ClH/c1-12(2)11-15(19-9-7-18-8-10-19)16-13(3)5-4-6-14(16)17;;/h4-6,12,15,18H,7-11H2,1-3H3;2*1H/t15-;;/m1../s1. The Morgan fingerprint density at radius 1 is 1.19 bits per heavy atom. The van der Waals surface area contributed by atoms with Crippen molar-refractivity contribution in [3.8, 4) is 0 Å². The van der Waals surface area contributed by atoms with E-state index in [4.69, 9.17) is 11.6 Å². The van der Waals surface area contributed by atoms with Crippen molar-refractivity contribution < 1.29 is 0 Å². The quantitative estimate of drug-likeness (QED) is 0.858. The number of aryl methyl sites for hydroxylation is 1. The van der Waals surface area contributed by atoms with E-state index in [1.54, 1.807) is 0 Å². The zero-order valence-electron chi connectivity index (χ0n) is 13.1. The Balaban J connectivity index is 0.00000200. The maximum atomic E-state index is 6.48. The minimum atomic E-state index is 0. The van der Waals surface area contributed by atoms with Crippen molar-refractivity contribution in [2.75, 3.05) is 26.2 Å². The molecule has 0 saturated carbocycles. The maximum Gasteiger partial charge on any atom is 0.0456 e. The second-order valence-electron chi connectivity index (χ2n) is 5.90. The van der Waals surface area contributed by atoms with E-state index in [0.717, 1.165) is 31.2 Å². The van der Waals surface area contributed by atoms with Crippen molar-refractivity contribution >= 4 is 36.4 Å². The molecule has 1 saturated heterocycles. The van der Waals surface area contributed by atoms with Crippen molar-refractivity contribution in [3.63, 3.8) is 0 Å². The summed E-state index contributed by atoms with van der Waals surface area (Å²) < 4.78 is 0. The molecule has 0 amide bonds. The van der Waals surface area contributed by atoms with Gasteiger partial charge >= 0.3 is 0 Å². The molecular formula is C16H27Cl3N2. The highest BCUT2D eigenvalue weighted by Gasteiger charge is 2.25. The molecule has 1 aromatic rings. The van der Waals surface area contributed by atoms with Crippen LogP contribution in [0, 0.1) is 12.8 Å². The van der Waals surface area contributed by atoms with E-state index in [-0.39, 0.29) is 24.8 Å². The Hall–Kier alpha value is 0.01000. The Bertz CT molecular complexity index is 398. The zero-order chi connectivity index (χ0) is 13.8. The Kier molecular flexibility index (Phi) is 9.92. The molecule has 1 aromatic carbocycles. The van der Waals surface area contributed by atoms with E-state index in [9.17, 15) is 0 Å². The minimum Gasteiger partial charge on any atom is -0.314 e. The highest BCUT2D eigenvalue weighted by Crippen LogP contribution is 2.35. The number of rotatable bonds is 4. The molecule has 0 radical (unpaired) electrons. The van der Waals surface area contributed by atoms with Crippen molar-refractivity contribution in [2.24, 2.45) is 5.92 Å². The first-order valence-electron chi connectivity index (χ1n) is 7.29. The fraction of sp³-hybridized carbons (Fsp3) is 0.625. The van der Waals surface area contributed by atoms with Crippen LogP contribution in [0.3, 0.4) is 0 Å². The summed E-state index contributed by atoms with van der Waals surface area (Å²) in [5.41, 5.74) is 2.65. The summed E-state index contributed by atoms with van der Waals surface area (Å²) in [6.07, 6.45) is 1.17. The van der Waals surface area contributed by atoms with E-state index in [0.29, 0.717) is 12.0 Å².